The molecule has 3 rings (SSSR count). The van der Waals surface area contributed by atoms with Crippen LogP contribution in [0.1, 0.15) is 29.5 Å². The Balaban J connectivity index is 0.00000133. The molecule has 1 fully saturated rings. The van der Waals surface area contributed by atoms with Crippen LogP contribution < -0.4 is 24.0 Å². The van der Waals surface area contributed by atoms with Crippen molar-refractivity contribution in [2.45, 2.75) is 18.9 Å². The van der Waals surface area contributed by atoms with Crippen LogP contribution >= 0.6 is 0 Å². The van der Waals surface area contributed by atoms with Crippen LogP contribution in [0.3, 0.4) is 0 Å². The van der Waals surface area contributed by atoms with Crippen LogP contribution in [0, 0.1) is 0 Å². The van der Waals surface area contributed by atoms with Gasteiger partial charge in [0.15, 0.2) is 5.82 Å². The predicted molar refractivity (Wildman–Crippen MR) is 63.2 cm³/mol. The topological polar surface area (TPSA) is 67.2 Å². The summed E-state index contributed by atoms with van der Waals surface area (Å²) in [5.74, 6) is -1.21. The van der Waals surface area contributed by atoms with Gasteiger partial charge in [0, 0.05) is 19.3 Å². The molecule has 19 heavy (non-hydrogen) atoms. The number of carbonyl (C=O) groups is 1. The second kappa shape index (κ2) is 5.79. The van der Waals surface area contributed by atoms with E-state index in [1.165, 1.54) is 0 Å². The summed E-state index contributed by atoms with van der Waals surface area (Å²) in [6.45, 7) is 1.31. The minimum Gasteiger partial charge on any atom is -0.542 e. The van der Waals surface area contributed by atoms with E-state index >= 15 is 0 Å². The van der Waals surface area contributed by atoms with Crippen molar-refractivity contribution < 1.29 is 33.5 Å². The molecule has 1 aliphatic rings. The number of ether oxygens (including phenoxy) is 1. The maximum atomic E-state index is 11.2. The molecule has 0 aliphatic carbocycles. The van der Waals surface area contributed by atoms with Crippen LogP contribution in [-0.4, -0.2) is 28.7 Å². The summed E-state index contributed by atoms with van der Waals surface area (Å²) in [5.41, 5.74) is 1.55. The minimum absolute atomic E-state index is 0. The Morgan fingerprint density at radius 3 is 2.68 bits per heavy atom. The van der Waals surface area contributed by atoms with Crippen LogP contribution in [0.15, 0.2) is 24.3 Å². The first-order chi connectivity index (χ1) is 8.77. The number of aromatic carboxylic acids is 1. The molecule has 0 N–H and O–H groups in total. The molecule has 0 bridgehead atoms. The number of hydrogen-bond acceptors (Lipinski definition) is 4. The third-order valence-electron chi connectivity index (χ3n) is 3.33. The Morgan fingerprint density at radius 1 is 1.32 bits per heavy atom. The molecular weight excluding hydrogens is 239 g/mol. The van der Waals surface area contributed by atoms with E-state index in [9.17, 15) is 9.90 Å². The average molecular weight is 252 g/mol. The van der Waals surface area contributed by atoms with Crippen LogP contribution in [0.4, 0.5) is 0 Å². The van der Waals surface area contributed by atoms with Crippen molar-refractivity contribution in [3.63, 3.8) is 0 Å². The quantitative estimate of drug-likeness (QED) is 0.567. The first-order valence-corrected chi connectivity index (χ1v) is 6.03. The van der Waals surface area contributed by atoms with Gasteiger partial charge in [-0.05, 0) is 25.0 Å². The Bertz CT molecular complexity index is 591. The van der Waals surface area contributed by atoms with Crippen LogP contribution in [-0.2, 0) is 4.74 Å². The van der Waals surface area contributed by atoms with Crippen LogP contribution in [0.25, 0.3) is 11.0 Å². The van der Waals surface area contributed by atoms with Gasteiger partial charge in [-0.15, -0.1) is 0 Å². The number of carboxylic acid groups (broad SMARTS) is 1. The van der Waals surface area contributed by atoms with Gasteiger partial charge in [-0.1, -0.05) is 12.1 Å². The van der Waals surface area contributed by atoms with Gasteiger partial charge in [-0.25, -0.2) is 4.98 Å². The van der Waals surface area contributed by atoms with Crippen molar-refractivity contribution in [3.05, 3.63) is 30.1 Å². The smallest absolute Gasteiger partial charge is 0.542 e. The molecule has 1 saturated heterocycles. The molecule has 1 aromatic heterocycles. The number of imidazole rings is 1. The zero-order chi connectivity index (χ0) is 12.5. The Kier molecular flexibility index (Phi) is 4.30. The molecule has 6 heteroatoms. The van der Waals surface area contributed by atoms with Crippen LogP contribution in [0.5, 0.6) is 0 Å². The monoisotopic (exact) mass is 252 g/mol. The molecule has 0 atom stereocenters. The number of hydrogen-bond donors (Lipinski definition) is 0. The first kappa shape index (κ1) is 14.1. The van der Waals surface area contributed by atoms with Gasteiger partial charge < -0.3 is 19.2 Å². The van der Waals surface area contributed by atoms with Crippen molar-refractivity contribution in [3.8, 4) is 0 Å². The van der Waals surface area contributed by atoms with E-state index in [0.29, 0.717) is 18.7 Å². The van der Waals surface area contributed by atoms with Crippen molar-refractivity contribution in [1.29, 1.82) is 0 Å². The van der Waals surface area contributed by atoms with Crippen molar-refractivity contribution in [2.24, 2.45) is 0 Å². The van der Waals surface area contributed by atoms with Crippen molar-refractivity contribution in [2.75, 3.05) is 13.2 Å². The molecule has 0 radical (unpaired) electrons. The fourth-order valence-corrected chi connectivity index (χ4v) is 2.50. The number of para-hydroxylation sites is 2. The van der Waals surface area contributed by atoms with Gasteiger partial charge in [0.25, 0.3) is 0 Å². The molecule has 94 valence electrons. The van der Waals surface area contributed by atoms with Crippen molar-refractivity contribution in [1.82, 2.24) is 9.55 Å². The number of carbonyl (C=O) groups excluding carboxylic acids is 1. The van der Waals surface area contributed by atoms with E-state index in [2.05, 4.69) is 4.98 Å². The van der Waals surface area contributed by atoms with E-state index in [0.717, 1.165) is 18.4 Å². The van der Waals surface area contributed by atoms with Gasteiger partial charge in [-0.2, -0.15) is 0 Å². The van der Waals surface area contributed by atoms with Gasteiger partial charge in [-0.3, -0.25) is 0 Å². The maximum Gasteiger partial charge on any atom is 1.00 e. The summed E-state index contributed by atoms with van der Waals surface area (Å²) in [6, 6.07) is 7.57. The van der Waals surface area contributed by atoms with Gasteiger partial charge in [0.2, 0.25) is 0 Å². The second-order valence-corrected chi connectivity index (χ2v) is 4.43. The molecule has 0 amide bonds. The predicted octanol–water partition coefficient (Wildman–Crippen LogP) is -2.24. The zero-order valence-electron chi connectivity index (χ0n) is 10.8. The summed E-state index contributed by atoms with van der Waals surface area (Å²) in [7, 11) is 0. The van der Waals surface area contributed by atoms with E-state index in [4.69, 9.17) is 4.74 Å². The molecule has 0 spiro atoms. The number of rotatable bonds is 2. The summed E-state index contributed by atoms with van der Waals surface area (Å²) in [6.07, 6.45) is 1.61. The SMILES string of the molecule is O=C([O-])c1nc2ccccc2n1C1CCOCC1.[Li+]. The van der Waals surface area contributed by atoms with E-state index in [1.807, 2.05) is 24.3 Å². The normalized spacial score (nSPS) is 16.2. The third-order valence-corrected chi connectivity index (χ3v) is 3.33. The average Bonchev–Trinajstić information content (AvgIpc) is 2.79. The molecule has 0 unspecified atom stereocenters. The largest absolute Gasteiger partial charge is 1.00 e. The van der Waals surface area contributed by atoms with E-state index in [1.54, 1.807) is 4.57 Å². The second-order valence-electron chi connectivity index (χ2n) is 4.43. The fourth-order valence-electron chi connectivity index (χ4n) is 2.50. The number of benzene rings is 1. The Morgan fingerprint density at radius 2 is 2.00 bits per heavy atom. The van der Waals surface area contributed by atoms with E-state index < -0.39 is 5.97 Å². The summed E-state index contributed by atoms with van der Waals surface area (Å²) >= 11 is 0. The van der Waals surface area contributed by atoms with Gasteiger partial charge in [0.05, 0.1) is 11.0 Å². The molecule has 5 nitrogen and oxygen atoms in total. The van der Waals surface area contributed by atoms with Crippen molar-refractivity contribution >= 4 is 17.0 Å². The summed E-state index contributed by atoms with van der Waals surface area (Å²) < 4.78 is 7.10. The number of fused-ring (bicyclic) bond motifs is 1. The van der Waals surface area contributed by atoms with Gasteiger partial charge in [0.1, 0.15) is 5.97 Å². The molecule has 0 saturated carbocycles. The zero-order valence-corrected chi connectivity index (χ0v) is 10.8. The Hall–Kier alpha value is -1.28. The fraction of sp³-hybridized carbons (Fsp3) is 0.385. The Labute approximate surface area is 122 Å². The summed E-state index contributed by atoms with van der Waals surface area (Å²) in [5, 5.41) is 11.2. The first-order valence-electron chi connectivity index (χ1n) is 6.03. The maximum absolute atomic E-state index is 11.2. The van der Waals surface area contributed by atoms with Crippen LogP contribution in [0.2, 0.25) is 0 Å². The number of nitrogens with zero attached hydrogens (tertiary/aromatic N) is 2. The van der Waals surface area contributed by atoms with Gasteiger partial charge >= 0.3 is 18.9 Å². The number of aromatic nitrogens is 2. The molecular formula is C13H13LiN2O3. The van der Waals surface area contributed by atoms with E-state index in [-0.39, 0.29) is 30.7 Å². The summed E-state index contributed by atoms with van der Waals surface area (Å²) in [4.78, 5) is 15.4. The molecule has 2 heterocycles. The number of carboxylic acids is 1. The molecule has 1 aliphatic heterocycles. The molecule has 1 aromatic carbocycles. The third kappa shape index (κ3) is 2.55. The standard InChI is InChI=1S/C13H14N2O3.Li/c16-13(17)12-14-10-3-1-2-4-11(10)15(12)9-5-7-18-8-6-9;/h1-4,9H,5-8H2,(H,16,17);/q;+1/p-1. The molecule has 2 aromatic rings. The minimum atomic E-state index is -1.22.